The van der Waals surface area contributed by atoms with Gasteiger partial charge in [-0.05, 0) is 48.6 Å². The van der Waals surface area contributed by atoms with E-state index in [2.05, 4.69) is 19.6 Å². The van der Waals surface area contributed by atoms with E-state index < -0.39 is 0 Å². The van der Waals surface area contributed by atoms with E-state index in [1.807, 2.05) is 24.3 Å². The molecule has 6 nitrogen and oxygen atoms in total. The Hall–Kier alpha value is -1.93. The van der Waals surface area contributed by atoms with Crippen LogP contribution in [0.25, 0.3) is 11.5 Å². The van der Waals surface area contributed by atoms with Gasteiger partial charge in [0, 0.05) is 23.2 Å². The molecule has 22 heavy (non-hydrogen) atoms. The summed E-state index contributed by atoms with van der Waals surface area (Å²) < 4.78 is 16.0. The molecular formula is C14H12N4O2S2. The van der Waals surface area contributed by atoms with Crippen LogP contribution in [0.15, 0.2) is 38.2 Å². The topological polar surface area (TPSA) is 73.9 Å². The minimum Gasteiger partial charge on any atom is -0.497 e. The van der Waals surface area contributed by atoms with Crippen molar-refractivity contribution in [3.8, 4) is 17.2 Å². The number of nitrogens with zero attached hydrogens (tertiary/aromatic N) is 4. The second kappa shape index (κ2) is 5.69. The highest BCUT2D eigenvalue weighted by Gasteiger charge is 2.28. The molecule has 0 atom stereocenters. The zero-order valence-electron chi connectivity index (χ0n) is 11.7. The number of hydrogen-bond acceptors (Lipinski definition) is 8. The Morgan fingerprint density at radius 3 is 2.77 bits per heavy atom. The van der Waals surface area contributed by atoms with E-state index in [9.17, 15) is 0 Å². The Bertz CT molecular complexity index is 780. The average molecular weight is 332 g/mol. The molecule has 0 bridgehead atoms. The molecule has 0 saturated heterocycles. The summed E-state index contributed by atoms with van der Waals surface area (Å²) >= 11 is 2.74. The second-order valence-electron chi connectivity index (χ2n) is 4.90. The molecule has 8 heteroatoms. The maximum atomic E-state index is 5.67. The van der Waals surface area contributed by atoms with E-state index in [-0.39, 0.29) is 0 Å². The lowest BCUT2D eigenvalue weighted by Crippen LogP contribution is -1.82. The molecule has 0 unspecified atom stereocenters. The van der Waals surface area contributed by atoms with Crippen LogP contribution in [0.2, 0.25) is 0 Å². The van der Waals surface area contributed by atoms with Gasteiger partial charge in [-0.25, -0.2) is 4.98 Å². The minimum absolute atomic E-state index is 0.476. The lowest BCUT2D eigenvalue weighted by molar-refractivity contribution is 0.414. The molecule has 1 fully saturated rings. The maximum absolute atomic E-state index is 5.67. The smallest absolute Gasteiger partial charge is 0.284 e. The third-order valence-electron chi connectivity index (χ3n) is 3.28. The molecule has 1 saturated carbocycles. The monoisotopic (exact) mass is 332 g/mol. The molecule has 4 rings (SSSR count). The third kappa shape index (κ3) is 2.84. The quantitative estimate of drug-likeness (QED) is 0.706. The highest BCUT2D eigenvalue weighted by Crippen LogP contribution is 2.40. The van der Waals surface area contributed by atoms with Crippen molar-refractivity contribution in [3.05, 3.63) is 30.1 Å². The summed E-state index contributed by atoms with van der Waals surface area (Å²) in [5.41, 5.74) is 0.857. The van der Waals surface area contributed by atoms with Crippen LogP contribution in [0.1, 0.15) is 24.6 Å². The van der Waals surface area contributed by atoms with Crippen molar-refractivity contribution in [3.63, 3.8) is 0 Å². The number of aromatic nitrogens is 4. The minimum atomic E-state index is 0.476. The van der Waals surface area contributed by atoms with E-state index in [1.165, 1.54) is 36.1 Å². The number of methoxy groups -OCH3 is 1. The SMILES string of the molecule is COc1ccc(-c2nnc(Sc3nc(C4CC4)ns3)o2)cc1. The fourth-order valence-corrected chi connectivity index (χ4v) is 3.41. The number of rotatable bonds is 5. The van der Waals surface area contributed by atoms with Crippen molar-refractivity contribution in [2.75, 3.05) is 7.11 Å². The van der Waals surface area contributed by atoms with Gasteiger partial charge in [0.05, 0.1) is 7.11 Å². The van der Waals surface area contributed by atoms with Gasteiger partial charge >= 0.3 is 0 Å². The summed E-state index contributed by atoms with van der Waals surface area (Å²) in [5.74, 6) is 2.78. The first-order valence-corrected chi connectivity index (χ1v) is 8.40. The van der Waals surface area contributed by atoms with Crippen molar-refractivity contribution in [2.24, 2.45) is 0 Å². The van der Waals surface area contributed by atoms with E-state index in [1.54, 1.807) is 7.11 Å². The summed E-state index contributed by atoms with van der Waals surface area (Å²) in [7, 11) is 1.63. The van der Waals surface area contributed by atoms with Crippen molar-refractivity contribution < 1.29 is 9.15 Å². The lowest BCUT2D eigenvalue weighted by Gasteiger charge is -1.99. The van der Waals surface area contributed by atoms with Gasteiger partial charge in [0.1, 0.15) is 11.6 Å². The molecule has 3 aromatic rings. The van der Waals surface area contributed by atoms with Crippen molar-refractivity contribution >= 4 is 23.3 Å². The molecule has 2 heterocycles. The van der Waals surface area contributed by atoms with Crippen molar-refractivity contribution in [2.45, 2.75) is 28.3 Å². The number of ether oxygens (including phenoxy) is 1. The predicted octanol–water partition coefficient (Wildman–Crippen LogP) is 3.63. The predicted molar refractivity (Wildman–Crippen MR) is 82.3 cm³/mol. The third-order valence-corrected chi connectivity index (χ3v) is 4.89. The van der Waals surface area contributed by atoms with Gasteiger partial charge in [0.2, 0.25) is 5.89 Å². The van der Waals surface area contributed by atoms with Crippen molar-refractivity contribution in [1.82, 2.24) is 19.6 Å². The van der Waals surface area contributed by atoms with Gasteiger partial charge in [0.15, 0.2) is 4.34 Å². The maximum Gasteiger partial charge on any atom is 0.284 e. The fourth-order valence-electron chi connectivity index (χ4n) is 1.94. The second-order valence-corrected chi connectivity index (χ2v) is 6.85. The molecule has 1 aromatic carbocycles. The largest absolute Gasteiger partial charge is 0.497 e. The van der Waals surface area contributed by atoms with Gasteiger partial charge in [-0.1, -0.05) is 0 Å². The highest BCUT2D eigenvalue weighted by atomic mass is 32.2. The molecular weight excluding hydrogens is 320 g/mol. The van der Waals surface area contributed by atoms with Crippen molar-refractivity contribution in [1.29, 1.82) is 0 Å². The zero-order valence-corrected chi connectivity index (χ0v) is 13.4. The van der Waals surface area contributed by atoms with E-state index >= 15 is 0 Å². The molecule has 2 aromatic heterocycles. The van der Waals surface area contributed by atoms with Crippen LogP contribution >= 0.6 is 23.3 Å². The average Bonchev–Trinajstić information content (AvgIpc) is 3.13. The van der Waals surface area contributed by atoms with Crippen LogP contribution in [0.4, 0.5) is 0 Å². The summed E-state index contributed by atoms with van der Waals surface area (Å²) in [4.78, 5) is 4.50. The van der Waals surface area contributed by atoms with E-state index in [4.69, 9.17) is 9.15 Å². The Balaban J connectivity index is 1.49. The first-order valence-electron chi connectivity index (χ1n) is 6.81. The summed E-state index contributed by atoms with van der Waals surface area (Å²) in [6.07, 6.45) is 2.39. The first kappa shape index (κ1) is 13.7. The van der Waals surface area contributed by atoms with E-state index in [0.29, 0.717) is 17.0 Å². The molecule has 0 spiro atoms. The summed E-state index contributed by atoms with van der Waals surface area (Å²) in [5, 5.41) is 8.60. The molecule has 0 radical (unpaired) electrons. The van der Waals surface area contributed by atoms with E-state index in [0.717, 1.165) is 21.5 Å². The molecule has 1 aliphatic carbocycles. The molecule has 1 aliphatic rings. The highest BCUT2D eigenvalue weighted by molar-refractivity contribution is 8.00. The van der Waals surface area contributed by atoms with Gasteiger partial charge in [0.25, 0.3) is 5.22 Å². The molecule has 112 valence electrons. The fraction of sp³-hybridized carbons (Fsp3) is 0.286. The summed E-state index contributed by atoms with van der Waals surface area (Å²) in [6.45, 7) is 0. The van der Waals surface area contributed by atoms with Crippen LogP contribution in [-0.4, -0.2) is 26.7 Å². The summed E-state index contributed by atoms with van der Waals surface area (Å²) in [6, 6.07) is 7.49. The van der Waals surface area contributed by atoms with Gasteiger partial charge in [-0.3, -0.25) is 0 Å². The first-order chi connectivity index (χ1) is 10.8. The van der Waals surface area contributed by atoms with Crippen LogP contribution in [0, 0.1) is 0 Å². The van der Waals surface area contributed by atoms with Crippen LogP contribution in [0.5, 0.6) is 5.75 Å². The Morgan fingerprint density at radius 1 is 1.23 bits per heavy atom. The van der Waals surface area contributed by atoms with Crippen LogP contribution in [0.3, 0.4) is 0 Å². The molecule has 0 amide bonds. The lowest BCUT2D eigenvalue weighted by atomic mass is 10.2. The molecule has 0 N–H and O–H groups in total. The van der Waals surface area contributed by atoms with Crippen LogP contribution < -0.4 is 4.74 Å². The van der Waals surface area contributed by atoms with Crippen LogP contribution in [-0.2, 0) is 0 Å². The van der Waals surface area contributed by atoms with Gasteiger partial charge < -0.3 is 9.15 Å². The number of benzene rings is 1. The Kier molecular flexibility index (Phi) is 3.55. The normalized spacial score (nSPS) is 14.2. The zero-order chi connectivity index (χ0) is 14.9. The number of hydrogen-bond donors (Lipinski definition) is 0. The molecule has 0 aliphatic heterocycles. The van der Waals surface area contributed by atoms with Gasteiger partial charge in [-0.2, -0.15) is 4.37 Å². The standard InChI is InChI=1S/C14H12N4O2S2/c1-19-10-6-4-9(5-7-10)12-16-17-13(20-12)21-14-15-11(18-22-14)8-2-3-8/h4-8H,2-3H2,1H3. The van der Waals surface area contributed by atoms with Gasteiger partial charge in [-0.15, -0.1) is 10.2 Å². The Labute approximate surface area is 135 Å². The Morgan fingerprint density at radius 2 is 2.05 bits per heavy atom.